The lowest BCUT2D eigenvalue weighted by molar-refractivity contribution is -0.119. The quantitative estimate of drug-likeness (QED) is 0.852. The van der Waals surface area contributed by atoms with Crippen LogP contribution in [0.3, 0.4) is 0 Å². The van der Waals surface area contributed by atoms with Crippen molar-refractivity contribution in [3.8, 4) is 0 Å². The van der Waals surface area contributed by atoms with Crippen LogP contribution in [0.5, 0.6) is 0 Å². The summed E-state index contributed by atoms with van der Waals surface area (Å²) in [5.74, 6) is 0.825. The van der Waals surface area contributed by atoms with Crippen LogP contribution in [0, 0.1) is 5.92 Å². The second kappa shape index (κ2) is 5.25. The van der Waals surface area contributed by atoms with Gasteiger partial charge in [-0.1, -0.05) is 20.8 Å². The van der Waals surface area contributed by atoms with Crippen molar-refractivity contribution in [2.75, 3.05) is 5.32 Å². The fourth-order valence-electron chi connectivity index (χ4n) is 2.28. The molecule has 1 aromatic heterocycles. The van der Waals surface area contributed by atoms with Gasteiger partial charge >= 0.3 is 0 Å². The third kappa shape index (κ3) is 3.50. The molecule has 3 N–H and O–H groups in total. The summed E-state index contributed by atoms with van der Waals surface area (Å²) in [6.07, 6.45) is 5.90. The number of hydrogen-bond acceptors (Lipinski definition) is 4. The maximum atomic E-state index is 12.0. The molecule has 0 saturated heterocycles. The lowest BCUT2D eigenvalue weighted by Gasteiger charge is -2.16. The maximum absolute atomic E-state index is 12.0. The summed E-state index contributed by atoms with van der Waals surface area (Å²) in [6.45, 7) is 6.17. The zero-order valence-corrected chi connectivity index (χ0v) is 11.8. The number of anilines is 1. The predicted molar refractivity (Wildman–Crippen MR) is 74.7 cm³/mol. The minimum Gasteiger partial charge on any atom is -0.328 e. The summed E-state index contributed by atoms with van der Waals surface area (Å²) in [5.41, 5.74) is 6.39. The van der Waals surface area contributed by atoms with E-state index in [1.54, 1.807) is 12.4 Å². The summed E-state index contributed by atoms with van der Waals surface area (Å²) in [7, 11) is 0. The molecule has 1 fully saturated rings. The molecule has 104 valence electrons. The number of aromatic nitrogens is 2. The minimum absolute atomic E-state index is 0.0253. The van der Waals surface area contributed by atoms with E-state index in [1.807, 2.05) is 0 Å². The molecule has 1 aliphatic carbocycles. The molecule has 5 nitrogen and oxygen atoms in total. The van der Waals surface area contributed by atoms with Crippen molar-refractivity contribution in [1.82, 2.24) is 9.97 Å². The molecule has 2 rings (SSSR count). The first-order chi connectivity index (χ1) is 8.86. The third-order valence-corrected chi connectivity index (χ3v) is 3.43. The van der Waals surface area contributed by atoms with Crippen molar-refractivity contribution in [2.45, 2.75) is 51.5 Å². The lowest BCUT2D eigenvalue weighted by Crippen LogP contribution is -2.23. The van der Waals surface area contributed by atoms with Crippen LogP contribution < -0.4 is 11.1 Å². The Morgan fingerprint density at radius 3 is 2.42 bits per heavy atom. The first-order valence-corrected chi connectivity index (χ1v) is 6.75. The molecule has 19 heavy (non-hydrogen) atoms. The molecule has 5 heteroatoms. The van der Waals surface area contributed by atoms with Crippen LogP contribution >= 0.6 is 0 Å². The molecular formula is C14H22N4O. The largest absolute Gasteiger partial charge is 0.328 e. The Morgan fingerprint density at radius 1 is 1.32 bits per heavy atom. The van der Waals surface area contributed by atoms with E-state index < -0.39 is 0 Å². The number of hydrogen-bond donors (Lipinski definition) is 2. The molecule has 1 saturated carbocycles. The number of carbonyl (C=O) groups is 1. The summed E-state index contributed by atoms with van der Waals surface area (Å²) in [4.78, 5) is 20.6. The summed E-state index contributed by atoms with van der Waals surface area (Å²) in [6, 6.07) is 0.162. The van der Waals surface area contributed by atoms with Gasteiger partial charge in [0, 0.05) is 17.4 Å². The molecule has 1 aromatic rings. The molecular weight excluding hydrogens is 240 g/mol. The highest BCUT2D eigenvalue weighted by Gasteiger charge is 2.27. The van der Waals surface area contributed by atoms with Crippen LogP contribution in [0.2, 0.25) is 0 Å². The summed E-state index contributed by atoms with van der Waals surface area (Å²) >= 11 is 0. The zero-order chi connectivity index (χ0) is 14.0. The van der Waals surface area contributed by atoms with Crippen LogP contribution in [0.4, 0.5) is 5.69 Å². The van der Waals surface area contributed by atoms with Gasteiger partial charge < -0.3 is 11.1 Å². The average molecular weight is 262 g/mol. The second-order valence-electron chi connectivity index (χ2n) is 6.30. The predicted octanol–water partition coefficient (Wildman–Crippen LogP) is 1.84. The van der Waals surface area contributed by atoms with Crippen LogP contribution in [0.25, 0.3) is 0 Å². The van der Waals surface area contributed by atoms with E-state index in [0.29, 0.717) is 5.69 Å². The highest BCUT2D eigenvalue weighted by Crippen LogP contribution is 2.25. The van der Waals surface area contributed by atoms with Gasteiger partial charge in [-0.05, 0) is 19.3 Å². The molecule has 2 unspecified atom stereocenters. The molecule has 1 amide bonds. The fraction of sp³-hybridized carbons (Fsp3) is 0.643. The molecule has 1 aliphatic rings. The summed E-state index contributed by atoms with van der Waals surface area (Å²) in [5, 5.41) is 2.86. The van der Waals surface area contributed by atoms with E-state index in [4.69, 9.17) is 5.73 Å². The van der Waals surface area contributed by atoms with E-state index in [9.17, 15) is 4.79 Å². The lowest BCUT2D eigenvalue weighted by atomic mass is 9.96. The number of rotatable bonds is 2. The average Bonchev–Trinajstić information content (AvgIpc) is 2.75. The van der Waals surface area contributed by atoms with Crippen molar-refractivity contribution in [1.29, 1.82) is 0 Å². The second-order valence-corrected chi connectivity index (χ2v) is 6.30. The molecule has 0 spiro atoms. The standard InChI is InChI=1S/C14H22N4O/c1-14(2,3)13-16-7-11(8-17-13)18-12(19)9-4-5-10(15)6-9/h7-10H,4-6,15H2,1-3H3,(H,18,19). The summed E-state index contributed by atoms with van der Waals surface area (Å²) < 4.78 is 0. The first kappa shape index (κ1) is 13.9. The molecule has 2 atom stereocenters. The van der Waals surface area contributed by atoms with Crippen LogP contribution in [-0.4, -0.2) is 21.9 Å². The normalized spacial score (nSPS) is 23.4. The number of carbonyl (C=O) groups excluding carboxylic acids is 1. The Morgan fingerprint density at radius 2 is 1.95 bits per heavy atom. The Bertz CT molecular complexity index is 450. The Kier molecular flexibility index (Phi) is 3.85. The van der Waals surface area contributed by atoms with Crippen molar-refractivity contribution < 1.29 is 4.79 Å². The van der Waals surface area contributed by atoms with Crippen molar-refractivity contribution in [3.05, 3.63) is 18.2 Å². The molecule has 0 radical (unpaired) electrons. The van der Waals surface area contributed by atoms with Gasteiger partial charge in [-0.15, -0.1) is 0 Å². The highest BCUT2D eigenvalue weighted by molar-refractivity contribution is 5.92. The molecule has 0 bridgehead atoms. The molecule has 0 aromatic carbocycles. The van der Waals surface area contributed by atoms with Crippen LogP contribution in [0.1, 0.15) is 45.9 Å². The highest BCUT2D eigenvalue weighted by atomic mass is 16.1. The van der Waals surface area contributed by atoms with Crippen LogP contribution in [-0.2, 0) is 10.2 Å². The van der Waals surface area contributed by atoms with E-state index in [2.05, 4.69) is 36.1 Å². The van der Waals surface area contributed by atoms with Crippen molar-refractivity contribution >= 4 is 11.6 Å². The van der Waals surface area contributed by atoms with Gasteiger partial charge in [-0.3, -0.25) is 4.79 Å². The van der Waals surface area contributed by atoms with Crippen molar-refractivity contribution in [3.63, 3.8) is 0 Å². The topological polar surface area (TPSA) is 80.9 Å². The van der Waals surface area contributed by atoms with Gasteiger partial charge in [-0.2, -0.15) is 0 Å². The van der Waals surface area contributed by atoms with Gasteiger partial charge in [-0.25, -0.2) is 9.97 Å². The van der Waals surface area contributed by atoms with E-state index in [0.717, 1.165) is 25.1 Å². The number of nitrogens with zero attached hydrogens (tertiary/aromatic N) is 2. The molecule has 1 heterocycles. The van der Waals surface area contributed by atoms with Gasteiger partial charge in [0.25, 0.3) is 0 Å². The van der Waals surface area contributed by atoms with Gasteiger partial charge in [0.15, 0.2) is 0 Å². The van der Waals surface area contributed by atoms with E-state index in [-0.39, 0.29) is 23.3 Å². The zero-order valence-electron chi connectivity index (χ0n) is 11.8. The third-order valence-electron chi connectivity index (χ3n) is 3.43. The van der Waals surface area contributed by atoms with Gasteiger partial charge in [0.05, 0.1) is 18.1 Å². The maximum Gasteiger partial charge on any atom is 0.227 e. The SMILES string of the molecule is CC(C)(C)c1ncc(NC(=O)C2CCC(N)C2)cn1. The van der Waals surface area contributed by atoms with Crippen LogP contribution in [0.15, 0.2) is 12.4 Å². The van der Waals surface area contributed by atoms with E-state index in [1.165, 1.54) is 0 Å². The Balaban J connectivity index is 1.98. The number of nitrogens with two attached hydrogens (primary N) is 1. The van der Waals surface area contributed by atoms with E-state index >= 15 is 0 Å². The first-order valence-electron chi connectivity index (χ1n) is 6.75. The molecule has 0 aliphatic heterocycles. The smallest absolute Gasteiger partial charge is 0.227 e. The minimum atomic E-state index is -0.0826. The monoisotopic (exact) mass is 262 g/mol. The fourth-order valence-corrected chi connectivity index (χ4v) is 2.28. The van der Waals surface area contributed by atoms with Gasteiger partial charge in [0.2, 0.25) is 5.91 Å². The Labute approximate surface area is 114 Å². The van der Waals surface area contributed by atoms with Gasteiger partial charge in [0.1, 0.15) is 5.82 Å². The number of nitrogens with one attached hydrogen (secondary N) is 1. The number of amides is 1. The van der Waals surface area contributed by atoms with Crippen molar-refractivity contribution in [2.24, 2.45) is 11.7 Å². The Hall–Kier alpha value is -1.49.